The molecule has 0 amide bonds. The average molecular weight is 484 g/mol. The van der Waals surface area contributed by atoms with Crippen molar-refractivity contribution < 1.29 is 9.84 Å². The highest BCUT2D eigenvalue weighted by atomic mass is 16.5. The zero-order valence-electron chi connectivity index (χ0n) is 20.7. The first kappa shape index (κ1) is 24.1. The lowest BCUT2D eigenvalue weighted by Gasteiger charge is -2.29. The minimum Gasteiger partial charge on any atom is -0.488 e. The molecule has 6 heteroatoms. The van der Waals surface area contributed by atoms with E-state index in [4.69, 9.17) is 4.74 Å². The molecule has 2 aromatic heterocycles. The van der Waals surface area contributed by atoms with Gasteiger partial charge in [-0.05, 0) is 48.1 Å². The number of pyridine rings is 1. The van der Waals surface area contributed by atoms with E-state index in [1.807, 2.05) is 47.4 Å². The fraction of sp³-hybridized carbons (Fsp3) is 0.333. The normalized spacial score (nSPS) is 17.7. The van der Waals surface area contributed by atoms with Gasteiger partial charge in [-0.25, -0.2) is 0 Å². The molecule has 1 N–H and O–H groups in total. The summed E-state index contributed by atoms with van der Waals surface area (Å²) in [4.78, 5) is 12.9. The molecular weight excluding hydrogens is 450 g/mol. The van der Waals surface area contributed by atoms with Crippen LogP contribution in [0, 0.1) is 0 Å². The van der Waals surface area contributed by atoms with Gasteiger partial charge in [-0.15, -0.1) is 0 Å². The lowest BCUT2D eigenvalue weighted by atomic mass is 9.92. The van der Waals surface area contributed by atoms with Gasteiger partial charge in [0, 0.05) is 36.1 Å². The predicted molar refractivity (Wildman–Crippen MR) is 142 cm³/mol. The molecule has 0 unspecified atom stereocenters. The SMILES string of the molecule is CCCn1cc(-c2ccc(COc3ccccc3-c3ccn([C@H]4CCCC[C@@H]4O)c(=O)c3)cc2)cn1. The van der Waals surface area contributed by atoms with Crippen LogP contribution in [0.2, 0.25) is 0 Å². The summed E-state index contributed by atoms with van der Waals surface area (Å²) in [6.45, 7) is 3.49. The van der Waals surface area contributed by atoms with Crippen molar-refractivity contribution in [2.75, 3.05) is 0 Å². The molecule has 0 saturated heterocycles. The highest BCUT2D eigenvalue weighted by molar-refractivity contribution is 5.70. The van der Waals surface area contributed by atoms with Crippen molar-refractivity contribution in [3.63, 3.8) is 0 Å². The molecule has 36 heavy (non-hydrogen) atoms. The van der Waals surface area contributed by atoms with Crippen LogP contribution in [0.5, 0.6) is 5.75 Å². The smallest absolute Gasteiger partial charge is 0.251 e. The molecule has 6 nitrogen and oxygen atoms in total. The second kappa shape index (κ2) is 11.0. The van der Waals surface area contributed by atoms with Crippen LogP contribution in [0.15, 0.2) is 84.0 Å². The number of aromatic nitrogens is 3. The zero-order chi connectivity index (χ0) is 24.9. The molecule has 1 aliphatic carbocycles. The highest BCUT2D eigenvalue weighted by Crippen LogP contribution is 2.32. The quantitative estimate of drug-likeness (QED) is 0.342. The van der Waals surface area contributed by atoms with E-state index in [0.717, 1.165) is 72.2 Å². The van der Waals surface area contributed by atoms with Crippen molar-refractivity contribution >= 4 is 0 Å². The number of aliphatic hydroxyl groups is 1. The Bertz CT molecular complexity index is 1360. The number of ether oxygens (including phenoxy) is 1. The van der Waals surface area contributed by atoms with Crippen LogP contribution in [0.4, 0.5) is 0 Å². The number of rotatable bonds is 8. The summed E-state index contributed by atoms with van der Waals surface area (Å²) in [6.07, 6.45) is 10.0. The van der Waals surface area contributed by atoms with E-state index in [9.17, 15) is 9.90 Å². The Hall–Kier alpha value is -3.64. The second-order valence-corrected chi connectivity index (χ2v) is 9.55. The average Bonchev–Trinajstić information content (AvgIpc) is 3.37. The Labute approximate surface area is 211 Å². The van der Waals surface area contributed by atoms with Crippen LogP contribution in [0.25, 0.3) is 22.3 Å². The molecule has 1 fully saturated rings. The van der Waals surface area contributed by atoms with E-state index >= 15 is 0 Å². The largest absolute Gasteiger partial charge is 0.488 e. The Morgan fingerprint density at radius 1 is 1.00 bits per heavy atom. The molecule has 0 radical (unpaired) electrons. The molecular formula is C30H33N3O3. The maximum atomic E-state index is 12.9. The summed E-state index contributed by atoms with van der Waals surface area (Å²) in [5.41, 5.74) is 4.91. The summed E-state index contributed by atoms with van der Waals surface area (Å²) in [6, 6.07) is 19.6. The van der Waals surface area contributed by atoms with E-state index in [-0.39, 0.29) is 11.6 Å². The van der Waals surface area contributed by atoms with Crippen LogP contribution in [-0.2, 0) is 13.2 Å². The van der Waals surface area contributed by atoms with E-state index < -0.39 is 6.10 Å². The molecule has 4 aromatic rings. The van der Waals surface area contributed by atoms with Gasteiger partial charge in [0.2, 0.25) is 0 Å². The highest BCUT2D eigenvalue weighted by Gasteiger charge is 2.25. The van der Waals surface area contributed by atoms with E-state index in [1.165, 1.54) is 0 Å². The van der Waals surface area contributed by atoms with Crippen LogP contribution < -0.4 is 10.3 Å². The summed E-state index contributed by atoms with van der Waals surface area (Å²) >= 11 is 0. The molecule has 1 saturated carbocycles. The van der Waals surface area contributed by atoms with Crippen molar-refractivity contribution in [2.24, 2.45) is 0 Å². The zero-order valence-corrected chi connectivity index (χ0v) is 20.7. The van der Waals surface area contributed by atoms with E-state index in [0.29, 0.717) is 6.61 Å². The standard InChI is InChI=1S/C30H33N3O3/c1-2-16-32-20-25(19-31-32)23-13-11-22(12-14-23)21-36-29-10-6-3-7-26(29)24-15-17-33(30(35)18-24)27-8-4-5-9-28(27)34/h3,6-7,10-15,17-20,27-28,34H,2,4-5,8-9,16,21H2,1H3/t27-,28-/m0/s1. The number of para-hydroxylation sites is 1. The Balaban J connectivity index is 1.30. The van der Waals surface area contributed by atoms with Gasteiger partial charge in [0.1, 0.15) is 12.4 Å². The summed E-state index contributed by atoms with van der Waals surface area (Å²) < 4.78 is 9.85. The first-order valence-electron chi connectivity index (χ1n) is 12.9. The van der Waals surface area contributed by atoms with Gasteiger partial charge in [-0.1, -0.05) is 62.2 Å². The number of benzene rings is 2. The number of hydrogen-bond donors (Lipinski definition) is 1. The second-order valence-electron chi connectivity index (χ2n) is 9.55. The summed E-state index contributed by atoms with van der Waals surface area (Å²) in [5.74, 6) is 0.734. The van der Waals surface area contributed by atoms with Crippen LogP contribution in [0.3, 0.4) is 0 Å². The van der Waals surface area contributed by atoms with Crippen LogP contribution >= 0.6 is 0 Å². The van der Waals surface area contributed by atoms with Crippen molar-refractivity contribution in [1.29, 1.82) is 0 Å². The number of aryl methyl sites for hydroxylation is 1. The van der Waals surface area contributed by atoms with Crippen LogP contribution in [-0.4, -0.2) is 25.6 Å². The van der Waals surface area contributed by atoms with Crippen molar-refractivity contribution in [3.8, 4) is 28.0 Å². The molecule has 2 atom stereocenters. The van der Waals surface area contributed by atoms with E-state index in [2.05, 4.69) is 42.5 Å². The van der Waals surface area contributed by atoms with Crippen molar-refractivity contribution in [1.82, 2.24) is 14.3 Å². The molecule has 1 aliphatic rings. The first-order valence-corrected chi connectivity index (χ1v) is 12.9. The van der Waals surface area contributed by atoms with Gasteiger partial charge in [-0.3, -0.25) is 9.48 Å². The third kappa shape index (κ3) is 5.29. The van der Waals surface area contributed by atoms with Gasteiger partial charge in [0.25, 0.3) is 5.56 Å². The molecule has 2 heterocycles. The van der Waals surface area contributed by atoms with Gasteiger partial charge < -0.3 is 14.4 Å². The predicted octanol–water partition coefficient (Wildman–Crippen LogP) is 5.84. The monoisotopic (exact) mass is 483 g/mol. The summed E-state index contributed by atoms with van der Waals surface area (Å²) in [7, 11) is 0. The minimum absolute atomic E-state index is 0.0916. The van der Waals surface area contributed by atoms with Crippen molar-refractivity contribution in [2.45, 2.75) is 64.3 Å². The fourth-order valence-electron chi connectivity index (χ4n) is 5.00. The lowest BCUT2D eigenvalue weighted by molar-refractivity contribution is 0.0738. The fourth-order valence-corrected chi connectivity index (χ4v) is 5.00. The lowest BCUT2D eigenvalue weighted by Crippen LogP contribution is -2.34. The third-order valence-corrected chi connectivity index (χ3v) is 6.97. The molecule has 5 rings (SSSR count). The third-order valence-electron chi connectivity index (χ3n) is 6.97. The summed E-state index contributed by atoms with van der Waals surface area (Å²) in [5, 5.41) is 14.8. The number of nitrogens with zero attached hydrogens (tertiary/aromatic N) is 3. The topological polar surface area (TPSA) is 69.3 Å². The Kier molecular flexibility index (Phi) is 7.33. The van der Waals surface area contributed by atoms with Gasteiger partial charge in [0.05, 0.1) is 18.3 Å². The Morgan fingerprint density at radius 2 is 1.81 bits per heavy atom. The maximum Gasteiger partial charge on any atom is 0.251 e. The molecule has 186 valence electrons. The van der Waals surface area contributed by atoms with Gasteiger partial charge >= 0.3 is 0 Å². The van der Waals surface area contributed by atoms with E-state index in [1.54, 1.807) is 10.6 Å². The van der Waals surface area contributed by atoms with Crippen LogP contribution in [0.1, 0.15) is 50.6 Å². The van der Waals surface area contributed by atoms with Gasteiger partial charge in [0.15, 0.2) is 0 Å². The Morgan fingerprint density at radius 3 is 2.58 bits per heavy atom. The minimum atomic E-state index is -0.461. The molecule has 0 spiro atoms. The molecule has 0 aliphatic heterocycles. The molecule has 0 bridgehead atoms. The van der Waals surface area contributed by atoms with Crippen molar-refractivity contribution in [3.05, 3.63) is 95.2 Å². The number of hydrogen-bond acceptors (Lipinski definition) is 4. The first-order chi connectivity index (χ1) is 17.6. The number of aliphatic hydroxyl groups excluding tert-OH is 1. The van der Waals surface area contributed by atoms with Gasteiger partial charge in [-0.2, -0.15) is 5.10 Å². The maximum absolute atomic E-state index is 12.9. The molecule has 2 aromatic carbocycles.